The molecule has 0 atom stereocenters. The summed E-state index contributed by atoms with van der Waals surface area (Å²) in [6, 6.07) is 5.74. The number of carbonyl (C=O) groups excluding carboxylic acids is 2. The third-order valence-corrected chi connectivity index (χ3v) is 6.00. The second-order valence-corrected chi connectivity index (χ2v) is 8.50. The molecule has 1 N–H and O–H groups in total. The second kappa shape index (κ2) is 8.41. The zero-order valence-electron chi connectivity index (χ0n) is 16.6. The third kappa shape index (κ3) is 4.37. The molecule has 0 unspecified atom stereocenters. The average Bonchev–Trinajstić information content (AvgIpc) is 3.21. The summed E-state index contributed by atoms with van der Waals surface area (Å²) in [4.78, 5) is 31.1. The Hall–Kier alpha value is -2.61. The van der Waals surface area contributed by atoms with Crippen molar-refractivity contribution >= 4 is 28.3 Å². The number of fused-ring (bicyclic) bond motifs is 1. The molecule has 2 aliphatic heterocycles. The van der Waals surface area contributed by atoms with Gasteiger partial charge in [-0.15, -0.1) is 11.3 Å². The molecule has 2 amide bonds. The number of ether oxygens (including phenoxy) is 2. The van der Waals surface area contributed by atoms with Gasteiger partial charge in [0, 0.05) is 35.9 Å². The Morgan fingerprint density at radius 1 is 1.17 bits per heavy atom. The fourth-order valence-electron chi connectivity index (χ4n) is 3.60. The largest absolute Gasteiger partial charge is 0.486 e. The van der Waals surface area contributed by atoms with Gasteiger partial charge in [-0.3, -0.25) is 9.59 Å². The predicted octanol–water partition coefficient (Wildman–Crippen LogP) is 3.41. The minimum atomic E-state index is -0.0899. The normalized spacial score (nSPS) is 16.7. The first-order valence-electron chi connectivity index (χ1n) is 9.96. The molecule has 4 rings (SSSR count). The van der Waals surface area contributed by atoms with Gasteiger partial charge in [0.1, 0.15) is 13.2 Å². The lowest BCUT2D eigenvalue weighted by molar-refractivity contribution is -0.137. The van der Waals surface area contributed by atoms with Crippen molar-refractivity contribution in [3.63, 3.8) is 0 Å². The van der Waals surface area contributed by atoms with Gasteiger partial charge >= 0.3 is 0 Å². The number of nitrogens with one attached hydrogen (secondary N) is 1. The summed E-state index contributed by atoms with van der Waals surface area (Å²) in [5.41, 5.74) is 1.71. The highest BCUT2D eigenvalue weighted by atomic mass is 32.1. The van der Waals surface area contributed by atoms with E-state index >= 15 is 0 Å². The van der Waals surface area contributed by atoms with Crippen molar-refractivity contribution in [1.82, 2.24) is 9.88 Å². The van der Waals surface area contributed by atoms with E-state index in [0.29, 0.717) is 44.3 Å². The van der Waals surface area contributed by atoms with E-state index in [4.69, 9.17) is 9.47 Å². The van der Waals surface area contributed by atoms with Gasteiger partial charge in [0.05, 0.1) is 5.69 Å². The molecule has 0 aliphatic carbocycles. The third-order valence-electron chi connectivity index (χ3n) is 5.24. The van der Waals surface area contributed by atoms with Gasteiger partial charge in [0.2, 0.25) is 11.8 Å². The summed E-state index contributed by atoms with van der Waals surface area (Å²) in [6.45, 7) is 6.18. The highest BCUT2D eigenvalue weighted by Crippen LogP contribution is 2.35. The lowest BCUT2D eigenvalue weighted by Crippen LogP contribution is -2.43. The number of aromatic nitrogens is 1. The van der Waals surface area contributed by atoms with Crippen LogP contribution in [0.1, 0.15) is 26.7 Å². The summed E-state index contributed by atoms with van der Waals surface area (Å²) in [5, 5.41) is 5.45. The first-order chi connectivity index (χ1) is 14.0. The van der Waals surface area contributed by atoms with E-state index in [1.807, 2.05) is 42.3 Å². The standard InChI is InChI=1S/C21H25N3O4S/c1-13(2)20(26)24-7-5-14(6-8-24)19(25)23-21-22-16(12-29-21)15-3-4-17-18(11-15)28-10-9-27-17/h3-4,11-14H,5-10H2,1-2H3,(H,22,23,25). The number of benzene rings is 1. The zero-order valence-corrected chi connectivity index (χ0v) is 17.5. The van der Waals surface area contributed by atoms with Crippen molar-refractivity contribution < 1.29 is 19.1 Å². The SMILES string of the molecule is CC(C)C(=O)N1CCC(C(=O)Nc2nc(-c3ccc4c(c3)OCCO4)cs2)CC1. The number of anilines is 1. The minimum absolute atomic E-state index is 0.00493. The number of hydrogen-bond acceptors (Lipinski definition) is 6. The first-order valence-corrected chi connectivity index (χ1v) is 10.8. The molecule has 0 saturated carbocycles. The Morgan fingerprint density at radius 3 is 2.62 bits per heavy atom. The highest BCUT2D eigenvalue weighted by Gasteiger charge is 2.28. The lowest BCUT2D eigenvalue weighted by Gasteiger charge is -2.32. The Morgan fingerprint density at radius 2 is 1.90 bits per heavy atom. The van der Waals surface area contributed by atoms with Crippen LogP contribution in [0, 0.1) is 11.8 Å². The van der Waals surface area contributed by atoms with Crippen LogP contribution in [0.5, 0.6) is 11.5 Å². The molecule has 2 aliphatic rings. The van der Waals surface area contributed by atoms with E-state index in [-0.39, 0.29) is 23.7 Å². The van der Waals surface area contributed by atoms with Gasteiger partial charge < -0.3 is 19.7 Å². The maximum absolute atomic E-state index is 12.6. The molecular weight excluding hydrogens is 390 g/mol. The summed E-state index contributed by atoms with van der Waals surface area (Å²) in [6.07, 6.45) is 1.37. The van der Waals surface area contributed by atoms with E-state index in [1.54, 1.807) is 0 Å². The lowest BCUT2D eigenvalue weighted by atomic mass is 9.95. The van der Waals surface area contributed by atoms with Gasteiger partial charge in [-0.2, -0.15) is 0 Å². The molecule has 3 heterocycles. The molecule has 1 aromatic heterocycles. The zero-order chi connectivity index (χ0) is 20.4. The van der Waals surface area contributed by atoms with Crippen LogP contribution in [0.15, 0.2) is 23.6 Å². The number of amides is 2. The summed E-state index contributed by atoms with van der Waals surface area (Å²) in [7, 11) is 0. The van der Waals surface area contributed by atoms with Gasteiger partial charge in [0.25, 0.3) is 0 Å². The fourth-order valence-corrected chi connectivity index (χ4v) is 4.32. The maximum Gasteiger partial charge on any atom is 0.229 e. The van der Waals surface area contributed by atoms with E-state index in [1.165, 1.54) is 11.3 Å². The van der Waals surface area contributed by atoms with E-state index in [9.17, 15) is 9.59 Å². The summed E-state index contributed by atoms with van der Waals surface area (Å²) < 4.78 is 11.2. The van der Waals surface area contributed by atoms with Crippen LogP contribution in [0.3, 0.4) is 0 Å². The number of thiazole rings is 1. The van der Waals surface area contributed by atoms with Crippen LogP contribution >= 0.6 is 11.3 Å². The summed E-state index contributed by atoms with van der Waals surface area (Å²) in [5.74, 6) is 1.50. The molecule has 0 spiro atoms. The molecular formula is C21H25N3O4S. The topological polar surface area (TPSA) is 80.8 Å². The van der Waals surface area contributed by atoms with Crippen molar-refractivity contribution in [3.05, 3.63) is 23.6 Å². The molecule has 8 heteroatoms. The van der Waals surface area contributed by atoms with Crippen LogP contribution < -0.4 is 14.8 Å². The molecule has 1 aromatic carbocycles. The molecule has 154 valence electrons. The van der Waals surface area contributed by atoms with Crippen LogP contribution in [0.4, 0.5) is 5.13 Å². The number of carbonyl (C=O) groups is 2. The first kappa shape index (κ1) is 19.7. The Kier molecular flexibility index (Phi) is 5.71. The quantitative estimate of drug-likeness (QED) is 0.828. The smallest absolute Gasteiger partial charge is 0.229 e. The van der Waals surface area contributed by atoms with Crippen molar-refractivity contribution in [3.8, 4) is 22.8 Å². The molecule has 0 radical (unpaired) electrons. The van der Waals surface area contributed by atoms with Gasteiger partial charge in [-0.25, -0.2) is 4.98 Å². The molecule has 0 bridgehead atoms. The molecule has 1 fully saturated rings. The van der Waals surface area contributed by atoms with E-state index in [0.717, 1.165) is 22.8 Å². The van der Waals surface area contributed by atoms with Crippen LogP contribution in [0.2, 0.25) is 0 Å². The fraction of sp³-hybridized carbons (Fsp3) is 0.476. The monoisotopic (exact) mass is 415 g/mol. The minimum Gasteiger partial charge on any atom is -0.486 e. The van der Waals surface area contributed by atoms with Gasteiger partial charge in [-0.1, -0.05) is 13.8 Å². The van der Waals surface area contributed by atoms with Crippen molar-refractivity contribution in [2.45, 2.75) is 26.7 Å². The van der Waals surface area contributed by atoms with Crippen molar-refractivity contribution in [1.29, 1.82) is 0 Å². The number of piperidine rings is 1. The predicted molar refractivity (Wildman–Crippen MR) is 111 cm³/mol. The maximum atomic E-state index is 12.6. The average molecular weight is 416 g/mol. The number of likely N-dealkylation sites (tertiary alicyclic amines) is 1. The van der Waals surface area contributed by atoms with Gasteiger partial charge in [0.15, 0.2) is 16.6 Å². The second-order valence-electron chi connectivity index (χ2n) is 7.64. The molecule has 1 saturated heterocycles. The number of rotatable bonds is 4. The molecule has 2 aromatic rings. The molecule has 29 heavy (non-hydrogen) atoms. The van der Waals surface area contributed by atoms with Crippen LogP contribution in [-0.4, -0.2) is 48.0 Å². The van der Waals surface area contributed by atoms with Gasteiger partial charge in [-0.05, 0) is 31.0 Å². The Labute approximate surface area is 174 Å². The Balaban J connectivity index is 1.36. The van der Waals surface area contributed by atoms with E-state index in [2.05, 4.69) is 10.3 Å². The van der Waals surface area contributed by atoms with Crippen molar-refractivity contribution in [2.75, 3.05) is 31.6 Å². The van der Waals surface area contributed by atoms with Crippen LogP contribution in [0.25, 0.3) is 11.3 Å². The Bertz CT molecular complexity index is 903. The van der Waals surface area contributed by atoms with E-state index < -0.39 is 0 Å². The van der Waals surface area contributed by atoms with Crippen molar-refractivity contribution in [2.24, 2.45) is 11.8 Å². The number of nitrogens with zero attached hydrogens (tertiary/aromatic N) is 2. The molecule has 7 nitrogen and oxygen atoms in total. The summed E-state index contributed by atoms with van der Waals surface area (Å²) >= 11 is 1.40. The number of hydrogen-bond donors (Lipinski definition) is 1. The highest BCUT2D eigenvalue weighted by molar-refractivity contribution is 7.14. The van der Waals surface area contributed by atoms with Crippen LogP contribution in [-0.2, 0) is 9.59 Å².